The molecule has 2 heteroatoms. The lowest BCUT2D eigenvalue weighted by atomic mass is 10.1. The van der Waals surface area contributed by atoms with Crippen LogP contribution in [-0.2, 0) is 0 Å². The average Bonchev–Trinajstić information content (AvgIpc) is 2.10. The lowest BCUT2D eigenvalue weighted by Gasteiger charge is -1.95. The minimum atomic E-state index is 1.26. The van der Waals surface area contributed by atoms with Crippen molar-refractivity contribution in [2.45, 2.75) is 38.5 Å². The van der Waals surface area contributed by atoms with Crippen molar-refractivity contribution in [1.82, 2.24) is 0 Å². The Kier molecular flexibility index (Phi) is 12.9. The highest BCUT2D eigenvalue weighted by atomic mass is 127. The summed E-state index contributed by atoms with van der Waals surface area (Å²) in [4.78, 5) is 0. The molecule has 0 saturated heterocycles. The fourth-order valence-electron chi connectivity index (χ4n) is 1.00. The van der Waals surface area contributed by atoms with Gasteiger partial charge in [-0.25, -0.2) is 0 Å². The molecule has 0 saturated carbocycles. The Hall–Kier alpha value is 0.940. The lowest BCUT2D eigenvalue weighted by molar-refractivity contribution is 0.653. The van der Waals surface area contributed by atoms with E-state index in [-0.39, 0.29) is 0 Å². The third kappa shape index (κ3) is 10.9. The van der Waals surface area contributed by atoms with Crippen LogP contribution in [0.15, 0.2) is 20.3 Å². The van der Waals surface area contributed by atoms with Crippen LogP contribution < -0.4 is 0 Å². The standard InChI is InChI=1S/C10H16I2/c11-9-7-5-3-1-2-4-6-8-10-12/h7-10H,1-6H2/b9-7+,10-8+. The largest absolute Gasteiger partial charge is 0.0785 e. The lowest BCUT2D eigenvalue weighted by Crippen LogP contribution is -1.75. The number of unbranched alkanes of at least 4 members (excludes halogenated alkanes) is 5. The molecule has 0 aromatic heterocycles. The van der Waals surface area contributed by atoms with Gasteiger partial charge in [0.25, 0.3) is 0 Å². The second-order valence-corrected chi connectivity index (χ2v) is 4.15. The first-order chi connectivity index (χ1) is 5.91. The summed E-state index contributed by atoms with van der Waals surface area (Å²) in [6.07, 6.45) is 12.5. The third-order valence-corrected chi connectivity index (χ3v) is 2.69. The van der Waals surface area contributed by atoms with E-state index in [1.165, 1.54) is 38.5 Å². The number of hydrogen-bond donors (Lipinski definition) is 0. The van der Waals surface area contributed by atoms with Crippen LogP contribution in [0.3, 0.4) is 0 Å². The maximum atomic E-state index is 2.28. The number of allylic oxidation sites excluding steroid dienone is 2. The summed E-state index contributed by atoms with van der Waals surface area (Å²) in [5.41, 5.74) is 0. The normalized spacial score (nSPS) is 11.8. The summed E-state index contributed by atoms with van der Waals surface area (Å²) in [7, 11) is 0. The van der Waals surface area contributed by atoms with E-state index in [0.717, 1.165) is 0 Å². The Balaban J connectivity index is 2.91. The molecular weight excluding hydrogens is 374 g/mol. The first-order valence-electron chi connectivity index (χ1n) is 4.42. The van der Waals surface area contributed by atoms with Gasteiger partial charge in [0.1, 0.15) is 0 Å². The molecule has 0 aromatic rings. The quantitative estimate of drug-likeness (QED) is 0.413. The molecule has 0 aliphatic carbocycles. The van der Waals surface area contributed by atoms with Crippen molar-refractivity contribution in [3.8, 4) is 0 Å². The number of hydrogen-bond acceptors (Lipinski definition) is 0. The minimum Gasteiger partial charge on any atom is -0.0785 e. The van der Waals surface area contributed by atoms with Gasteiger partial charge in [0, 0.05) is 0 Å². The minimum absolute atomic E-state index is 1.26. The van der Waals surface area contributed by atoms with Gasteiger partial charge >= 0.3 is 0 Å². The molecule has 0 radical (unpaired) electrons. The molecule has 0 nitrogen and oxygen atoms in total. The predicted octanol–water partition coefficient (Wildman–Crippen LogP) is 5.22. The van der Waals surface area contributed by atoms with Crippen LogP contribution in [0.2, 0.25) is 0 Å². The van der Waals surface area contributed by atoms with E-state index >= 15 is 0 Å². The van der Waals surface area contributed by atoms with Crippen molar-refractivity contribution in [2.24, 2.45) is 0 Å². The summed E-state index contributed by atoms with van der Waals surface area (Å²) < 4.78 is 4.22. The van der Waals surface area contributed by atoms with E-state index in [1.54, 1.807) is 0 Å². The van der Waals surface area contributed by atoms with E-state index in [0.29, 0.717) is 0 Å². The van der Waals surface area contributed by atoms with Crippen LogP contribution in [0.1, 0.15) is 38.5 Å². The van der Waals surface area contributed by atoms with Gasteiger partial charge in [-0.1, -0.05) is 70.2 Å². The Bertz CT molecular complexity index is 112. The van der Waals surface area contributed by atoms with Crippen LogP contribution in [0.25, 0.3) is 0 Å². The van der Waals surface area contributed by atoms with Gasteiger partial charge in [0.15, 0.2) is 0 Å². The number of halogens is 2. The van der Waals surface area contributed by atoms with E-state index < -0.39 is 0 Å². The zero-order valence-corrected chi connectivity index (χ0v) is 11.6. The molecule has 70 valence electrons. The van der Waals surface area contributed by atoms with Crippen molar-refractivity contribution in [1.29, 1.82) is 0 Å². The molecule has 0 atom stereocenters. The Morgan fingerprint density at radius 1 is 0.667 bits per heavy atom. The smallest absolute Gasteiger partial charge is 0.0274 e. The van der Waals surface area contributed by atoms with Gasteiger partial charge in [-0.2, -0.15) is 0 Å². The van der Waals surface area contributed by atoms with E-state index in [1.807, 2.05) is 0 Å². The van der Waals surface area contributed by atoms with E-state index in [2.05, 4.69) is 65.5 Å². The molecule has 0 amide bonds. The van der Waals surface area contributed by atoms with Crippen LogP contribution in [0, 0.1) is 0 Å². The highest BCUT2D eigenvalue weighted by molar-refractivity contribution is 14.1. The van der Waals surface area contributed by atoms with Crippen molar-refractivity contribution < 1.29 is 0 Å². The second kappa shape index (κ2) is 11.9. The molecule has 0 heterocycles. The van der Waals surface area contributed by atoms with Crippen molar-refractivity contribution in [2.75, 3.05) is 0 Å². The first-order valence-corrected chi connectivity index (χ1v) is 6.91. The molecule has 0 aromatic carbocycles. The molecule has 0 unspecified atom stereocenters. The molecular formula is C10H16I2. The molecule has 12 heavy (non-hydrogen) atoms. The fraction of sp³-hybridized carbons (Fsp3) is 0.600. The van der Waals surface area contributed by atoms with Crippen LogP contribution in [0.5, 0.6) is 0 Å². The molecule has 0 rings (SSSR count). The summed E-state index contributed by atoms with van der Waals surface area (Å²) in [5, 5.41) is 0. The maximum Gasteiger partial charge on any atom is -0.0274 e. The first kappa shape index (κ1) is 12.9. The van der Waals surface area contributed by atoms with Crippen LogP contribution in [-0.4, -0.2) is 0 Å². The van der Waals surface area contributed by atoms with Crippen LogP contribution in [0.4, 0.5) is 0 Å². The Morgan fingerprint density at radius 3 is 1.42 bits per heavy atom. The van der Waals surface area contributed by atoms with Gasteiger partial charge in [0.05, 0.1) is 0 Å². The Morgan fingerprint density at radius 2 is 1.08 bits per heavy atom. The monoisotopic (exact) mass is 390 g/mol. The number of rotatable bonds is 7. The molecule has 0 spiro atoms. The highest BCUT2D eigenvalue weighted by Crippen LogP contribution is 2.07. The average molecular weight is 390 g/mol. The van der Waals surface area contributed by atoms with Crippen molar-refractivity contribution in [3.63, 3.8) is 0 Å². The van der Waals surface area contributed by atoms with Crippen molar-refractivity contribution >= 4 is 45.2 Å². The molecule has 0 fully saturated rings. The van der Waals surface area contributed by atoms with Gasteiger partial charge < -0.3 is 0 Å². The van der Waals surface area contributed by atoms with Gasteiger partial charge in [0.2, 0.25) is 0 Å². The molecule has 0 bridgehead atoms. The maximum absolute atomic E-state index is 2.28. The summed E-state index contributed by atoms with van der Waals surface area (Å²) in [5.74, 6) is 0. The topological polar surface area (TPSA) is 0 Å². The van der Waals surface area contributed by atoms with Gasteiger partial charge in [-0.15, -0.1) is 0 Å². The molecule has 0 aliphatic rings. The predicted molar refractivity (Wildman–Crippen MR) is 74.0 cm³/mol. The highest BCUT2D eigenvalue weighted by Gasteiger charge is 1.86. The van der Waals surface area contributed by atoms with E-state index in [9.17, 15) is 0 Å². The zero-order chi connectivity index (χ0) is 9.07. The molecule has 0 N–H and O–H groups in total. The third-order valence-electron chi connectivity index (χ3n) is 1.67. The van der Waals surface area contributed by atoms with E-state index in [4.69, 9.17) is 0 Å². The summed E-state index contributed by atoms with van der Waals surface area (Å²) in [6, 6.07) is 0. The summed E-state index contributed by atoms with van der Waals surface area (Å²) >= 11 is 4.55. The summed E-state index contributed by atoms with van der Waals surface area (Å²) in [6.45, 7) is 0. The van der Waals surface area contributed by atoms with Crippen LogP contribution >= 0.6 is 45.2 Å². The van der Waals surface area contributed by atoms with Gasteiger partial charge in [-0.3, -0.25) is 0 Å². The van der Waals surface area contributed by atoms with Gasteiger partial charge in [-0.05, 0) is 33.8 Å². The van der Waals surface area contributed by atoms with Crippen molar-refractivity contribution in [3.05, 3.63) is 20.3 Å². The fourth-order valence-corrected chi connectivity index (χ4v) is 1.72. The Labute approximate surface area is 103 Å². The second-order valence-electron chi connectivity index (χ2n) is 2.71. The zero-order valence-electron chi connectivity index (χ0n) is 7.31. The SMILES string of the molecule is I/C=C/CCCCCC/C=C/I. The molecule has 0 aliphatic heterocycles.